The maximum Gasteiger partial charge on any atom is 0.135 e. The zero-order chi connectivity index (χ0) is 33.7. The second-order valence-electron chi connectivity index (χ2n) is 12.9. The van der Waals surface area contributed by atoms with Gasteiger partial charge < -0.3 is 9.32 Å². The first-order valence-electron chi connectivity index (χ1n) is 17.3. The normalized spacial score (nSPS) is 11.5. The fourth-order valence-electron chi connectivity index (χ4n) is 7.47. The Morgan fingerprint density at radius 3 is 1.86 bits per heavy atom. The van der Waals surface area contributed by atoms with Crippen LogP contribution >= 0.6 is 11.3 Å². The van der Waals surface area contributed by atoms with Gasteiger partial charge >= 0.3 is 0 Å². The Morgan fingerprint density at radius 2 is 0.980 bits per heavy atom. The van der Waals surface area contributed by atoms with Crippen molar-refractivity contribution in [1.29, 1.82) is 0 Å². The lowest BCUT2D eigenvalue weighted by atomic mass is 9.93. The zero-order valence-corrected chi connectivity index (χ0v) is 28.5. The summed E-state index contributed by atoms with van der Waals surface area (Å²) in [4.78, 5) is 2.35. The van der Waals surface area contributed by atoms with Crippen molar-refractivity contribution >= 4 is 70.5 Å². The van der Waals surface area contributed by atoms with Gasteiger partial charge in [-0.2, -0.15) is 0 Å². The van der Waals surface area contributed by atoms with Crippen molar-refractivity contribution < 1.29 is 4.42 Å². The zero-order valence-electron chi connectivity index (χ0n) is 27.7. The van der Waals surface area contributed by atoms with Gasteiger partial charge in [0.25, 0.3) is 0 Å². The number of fused-ring (bicyclic) bond motifs is 6. The summed E-state index contributed by atoms with van der Waals surface area (Å²) in [5, 5.41) is 4.86. The van der Waals surface area contributed by atoms with Gasteiger partial charge in [0.2, 0.25) is 0 Å². The molecule has 0 saturated heterocycles. The highest BCUT2D eigenvalue weighted by molar-refractivity contribution is 7.26. The largest absolute Gasteiger partial charge is 0.456 e. The summed E-state index contributed by atoms with van der Waals surface area (Å²) >= 11 is 1.88. The van der Waals surface area contributed by atoms with Crippen molar-refractivity contribution in [3.05, 3.63) is 188 Å². The summed E-state index contributed by atoms with van der Waals surface area (Å²) in [5.41, 5.74) is 12.3. The van der Waals surface area contributed by atoms with Gasteiger partial charge in [-0.25, -0.2) is 0 Å². The number of rotatable bonds is 6. The van der Waals surface area contributed by atoms with E-state index in [1.807, 2.05) is 23.5 Å². The minimum atomic E-state index is 0.888. The highest BCUT2D eigenvalue weighted by Gasteiger charge is 2.18. The third kappa shape index (κ3) is 5.10. The van der Waals surface area contributed by atoms with Crippen LogP contribution in [0.2, 0.25) is 0 Å². The highest BCUT2D eigenvalue weighted by Crippen LogP contribution is 2.44. The van der Waals surface area contributed by atoms with Crippen LogP contribution in [0, 0.1) is 0 Å². The number of thiophene rings is 1. The Labute approximate surface area is 300 Å². The number of furan rings is 1. The number of hydrogen-bond donors (Lipinski definition) is 0. The molecule has 8 aromatic carbocycles. The third-order valence-electron chi connectivity index (χ3n) is 9.89. The van der Waals surface area contributed by atoms with Crippen LogP contribution in [0.15, 0.2) is 192 Å². The van der Waals surface area contributed by atoms with E-state index in [1.165, 1.54) is 53.6 Å². The summed E-state index contributed by atoms with van der Waals surface area (Å²) in [6.07, 6.45) is 0. The van der Waals surface area contributed by atoms with E-state index in [1.54, 1.807) is 0 Å². The molecule has 0 aliphatic heterocycles. The molecule has 51 heavy (non-hydrogen) atoms. The van der Waals surface area contributed by atoms with E-state index in [9.17, 15) is 0 Å². The monoisotopic (exact) mass is 669 g/mol. The van der Waals surface area contributed by atoms with Crippen molar-refractivity contribution in [3.8, 4) is 33.4 Å². The summed E-state index contributed by atoms with van der Waals surface area (Å²) in [6.45, 7) is 0. The van der Waals surface area contributed by atoms with Crippen molar-refractivity contribution in [1.82, 2.24) is 0 Å². The lowest BCUT2D eigenvalue weighted by molar-refractivity contribution is 0.669. The predicted octanol–water partition coefficient (Wildman–Crippen LogP) is 14.4. The maximum absolute atomic E-state index is 6.21. The van der Waals surface area contributed by atoms with Crippen molar-refractivity contribution in [2.75, 3.05) is 4.90 Å². The number of para-hydroxylation sites is 1. The van der Waals surface area contributed by atoms with Gasteiger partial charge in [-0.3, -0.25) is 0 Å². The maximum atomic E-state index is 6.21. The molecular weight excluding hydrogens is 639 g/mol. The molecule has 0 unspecified atom stereocenters. The molecule has 0 bridgehead atoms. The first-order valence-corrected chi connectivity index (χ1v) is 18.1. The topological polar surface area (TPSA) is 16.4 Å². The molecule has 240 valence electrons. The SMILES string of the molecule is c1ccc(-c2cccc(N(c3ccc(-c4ccccc4-c4cccc5c4sc4ccccc45)cc3)c3ccc4oc5ccccc5c4c3)c2)cc1. The Balaban J connectivity index is 1.10. The number of hydrogen-bond acceptors (Lipinski definition) is 3. The number of anilines is 3. The average Bonchev–Trinajstić information content (AvgIpc) is 3.77. The van der Waals surface area contributed by atoms with E-state index in [0.717, 1.165) is 39.0 Å². The molecule has 0 fully saturated rings. The minimum absolute atomic E-state index is 0.888. The highest BCUT2D eigenvalue weighted by atomic mass is 32.1. The Morgan fingerprint density at radius 1 is 0.353 bits per heavy atom. The van der Waals surface area contributed by atoms with Crippen molar-refractivity contribution in [2.24, 2.45) is 0 Å². The van der Waals surface area contributed by atoms with Gasteiger partial charge in [0.1, 0.15) is 11.2 Å². The Kier molecular flexibility index (Phi) is 7.04. The van der Waals surface area contributed by atoms with E-state index in [0.29, 0.717) is 0 Å². The summed E-state index contributed by atoms with van der Waals surface area (Å²) in [7, 11) is 0. The first-order chi connectivity index (χ1) is 25.3. The quantitative estimate of drug-likeness (QED) is 0.175. The second-order valence-corrected chi connectivity index (χ2v) is 14.0. The van der Waals surface area contributed by atoms with E-state index in [-0.39, 0.29) is 0 Å². The molecule has 10 aromatic rings. The van der Waals surface area contributed by atoms with Gasteiger partial charge in [-0.1, -0.05) is 133 Å². The molecule has 0 amide bonds. The lowest BCUT2D eigenvalue weighted by Gasteiger charge is -2.26. The summed E-state index contributed by atoms with van der Waals surface area (Å²) in [5.74, 6) is 0. The molecule has 10 rings (SSSR count). The Hall–Kier alpha value is -6.42. The first kappa shape index (κ1) is 29.5. The summed E-state index contributed by atoms with van der Waals surface area (Å²) in [6, 6.07) is 67.4. The van der Waals surface area contributed by atoms with Crippen LogP contribution in [-0.2, 0) is 0 Å². The molecule has 3 heteroatoms. The summed E-state index contributed by atoms with van der Waals surface area (Å²) < 4.78 is 8.86. The van der Waals surface area contributed by atoms with Crippen LogP contribution in [-0.4, -0.2) is 0 Å². The molecule has 0 spiro atoms. The molecule has 2 nitrogen and oxygen atoms in total. The van der Waals surface area contributed by atoms with E-state index < -0.39 is 0 Å². The van der Waals surface area contributed by atoms with Gasteiger partial charge in [-0.15, -0.1) is 11.3 Å². The molecular formula is C48H31NOS. The molecule has 0 aliphatic carbocycles. The van der Waals surface area contributed by atoms with Crippen LogP contribution in [0.1, 0.15) is 0 Å². The lowest BCUT2D eigenvalue weighted by Crippen LogP contribution is -2.10. The molecule has 2 aromatic heterocycles. The fourth-order valence-corrected chi connectivity index (χ4v) is 8.70. The van der Waals surface area contributed by atoms with E-state index in [4.69, 9.17) is 4.42 Å². The molecule has 0 aliphatic rings. The molecule has 0 saturated carbocycles. The van der Waals surface area contributed by atoms with Gasteiger partial charge in [0.05, 0.1) is 0 Å². The van der Waals surface area contributed by atoms with Crippen molar-refractivity contribution in [2.45, 2.75) is 0 Å². The predicted molar refractivity (Wildman–Crippen MR) is 218 cm³/mol. The Bertz CT molecular complexity index is 2860. The fraction of sp³-hybridized carbons (Fsp3) is 0. The minimum Gasteiger partial charge on any atom is -0.456 e. The number of nitrogens with zero attached hydrogens (tertiary/aromatic N) is 1. The van der Waals surface area contributed by atoms with Crippen molar-refractivity contribution in [3.63, 3.8) is 0 Å². The van der Waals surface area contributed by atoms with Gasteiger partial charge in [0.15, 0.2) is 0 Å². The molecule has 0 radical (unpaired) electrons. The van der Waals surface area contributed by atoms with E-state index in [2.05, 4.69) is 181 Å². The van der Waals surface area contributed by atoms with Crippen LogP contribution in [0.3, 0.4) is 0 Å². The van der Waals surface area contributed by atoms with Gasteiger partial charge in [-0.05, 0) is 82.4 Å². The van der Waals surface area contributed by atoms with Crippen LogP contribution in [0.4, 0.5) is 17.1 Å². The molecule has 0 atom stereocenters. The van der Waals surface area contributed by atoms with Crippen LogP contribution < -0.4 is 4.90 Å². The smallest absolute Gasteiger partial charge is 0.135 e. The van der Waals surface area contributed by atoms with Crippen LogP contribution in [0.5, 0.6) is 0 Å². The standard InChI is InChI=1S/C48H31NOS/c1-2-12-32(13-3-1)34-14-10-15-36(30-34)49(37-28-29-46-44(31-37)40-18-6-8-22-45(40)50-46)35-26-24-33(25-27-35)38-16-4-5-17-39(38)42-20-11-21-43-41-19-7-9-23-47(41)51-48(42)43/h1-31H. The van der Waals surface area contributed by atoms with Gasteiger partial charge in [0, 0.05) is 53.6 Å². The third-order valence-corrected chi connectivity index (χ3v) is 11.1. The van der Waals surface area contributed by atoms with E-state index >= 15 is 0 Å². The molecule has 0 N–H and O–H groups in total. The van der Waals surface area contributed by atoms with Crippen LogP contribution in [0.25, 0.3) is 75.5 Å². The molecule has 2 heterocycles. The average molecular weight is 670 g/mol. The second kappa shape index (κ2) is 12.2. The number of benzene rings is 8.